The van der Waals surface area contributed by atoms with Crippen LogP contribution in [-0.4, -0.2) is 22.7 Å². The van der Waals surface area contributed by atoms with Gasteiger partial charge in [-0.15, -0.1) is 11.8 Å². The lowest BCUT2D eigenvalue weighted by atomic mass is 10.2. The second-order valence-electron chi connectivity index (χ2n) is 6.80. The van der Waals surface area contributed by atoms with Crippen molar-refractivity contribution in [2.45, 2.75) is 11.8 Å². The molecule has 0 aliphatic carbocycles. The van der Waals surface area contributed by atoms with Crippen molar-refractivity contribution in [2.75, 3.05) is 21.7 Å². The summed E-state index contributed by atoms with van der Waals surface area (Å²) in [6.45, 7) is 2.03. The van der Waals surface area contributed by atoms with Crippen LogP contribution in [0.5, 0.6) is 0 Å². The number of thiazole rings is 1. The first-order chi connectivity index (χ1) is 15.0. The third kappa shape index (κ3) is 5.84. The third-order valence-electron chi connectivity index (χ3n) is 4.30. The van der Waals surface area contributed by atoms with Crippen molar-refractivity contribution in [3.05, 3.63) is 78.4 Å². The van der Waals surface area contributed by atoms with Gasteiger partial charge in [-0.25, -0.2) is 9.78 Å². The topological polar surface area (TPSA) is 83.1 Å². The second kappa shape index (κ2) is 9.63. The van der Waals surface area contributed by atoms with Crippen LogP contribution < -0.4 is 16.0 Å². The van der Waals surface area contributed by atoms with E-state index in [1.165, 1.54) is 28.7 Å². The Bertz CT molecular complexity index is 1210. The third-order valence-corrected chi connectivity index (χ3v) is 6.25. The Morgan fingerprint density at radius 3 is 2.35 bits per heavy atom. The maximum Gasteiger partial charge on any atom is 0.323 e. The van der Waals surface area contributed by atoms with Crippen molar-refractivity contribution in [1.29, 1.82) is 0 Å². The number of amides is 3. The van der Waals surface area contributed by atoms with Crippen molar-refractivity contribution < 1.29 is 9.59 Å². The van der Waals surface area contributed by atoms with Crippen molar-refractivity contribution in [3.8, 4) is 0 Å². The molecule has 4 rings (SSSR count). The fourth-order valence-electron chi connectivity index (χ4n) is 2.84. The lowest BCUT2D eigenvalue weighted by Gasteiger charge is -2.08. The number of nitrogens with one attached hydrogen (secondary N) is 3. The second-order valence-corrected chi connectivity index (χ2v) is 8.88. The molecule has 3 N–H and O–H groups in total. The van der Waals surface area contributed by atoms with Gasteiger partial charge in [0, 0.05) is 16.3 Å². The molecule has 0 unspecified atom stereocenters. The number of para-hydroxylation sites is 1. The zero-order valence-electron chi connectivity index (χ0n) is 16.7. The highest BCUT2D eigenvalue weighted by Crippen LogP contribution is 2.27. The van der Waals surface area contributed by atoms with E-state index in [1.807, 2.05) is 61.5 Å². The highest BCUT2D eigenvalue weighted by Gasteiger charge is 2.09. The predicted molar refractivity (Wildman–Crippen MR) is 129 cm³/mol. The van der Waals surface area contributed by atoms with Gasteiger partial charge in [0.1, 0.15) is 0 Å². The van der Waals surface area contributed by atoms with Gasteiger partial charge >= 0.3 is 6.03 Å². The molecular weight excluding hydrogens is 428 g/mol. The van der Waals surface area contributed by atoms with Crippen LogP contribution in [0.1, 0.15) is 5.56 Å². The molecule has 0 aliphatic heterocycles. The summed E-state index contributed by atoms with van der Waals surface area (Å²) in [5, 5.41) is 9.02. The monoisotopic (exact) mass is 448 g/mol. The number of carbonyl (C=O) groups is 2. The van der Waals surface area contributed by atoms with E-state index in [9.17, 15) is 9.59 Å². The number of hydrogen-bond donors (Lipinski definition) is 3. The van der Waals surface area contributed by atoms with E-state index >= 15 is 0 Å². The number of thioether (sulfide) groups is 1. The van der Waals surface area contributed by atoms with Crippen LogP contribution >= 0.6 is 23.1 Å². The smallest absolute Gasteiger partial charge is 0.308 e. The predicted octanol–water partition coefficient (Wildman–Crippen LogP) is 5.98. The zero-order chi connectivity index (χ0) is 21.6. The van der Waals surface area contributed by atoms with E-state index < -0.39 is 0 Å². The van der Waals surface area contributed by atoms with Crippen molar-refractivity contribution in [3.63, 3.8) is 0 Å². The van der Waals surface area contributed by atoms with E-state index in [1.54, 1.807) is 12.1 Å². The number of aromatic nitrogens is 1. The van der Waals surface area contributed by atoms with E-state index in [2.05, 4.69) is 27.0 Å². The fourth-order valence-corrected chi connectivity index (χ4v) is 4.52. The number of anilines is 3. The number of nitrogens with zero attached hydrogens (tertiary/aromatic N) is 1. The molecule has 156 valence electrons. The minimum absolute atomic E-state index is 0.106. The summed E-state index contributed by atoms with van der Waals surface area (Å²) in [6.07, 6.45) is 0. The summed E-state index contributed by atoms with van der Waals surface area (Å²) < 4.78 is 1.06. The summed E-state index contributed by atoms with van der Waals surface area (Å²) in [7, 11) is 0. The van der Waals surface area contributed by atoms with Crippen LogP contribution in [0, 0.1) is 6.92 Å². The number of fused-ring (bicyclic) bond motifs is 1. The summed E-state index contributed by atoms with van der Waals surface area (Å²) in [5.41, 5.74) is 3.45. The number of benzene rings is 3. The van der Waals surface area contributed by atoms with Gasteiger partial charge < -0.3 is 16.0 Å². The first-order valence-electron chi connectivity index (χ1n) is 9.58. The molecule has 0 fully saturated rings. The average molecular weight is 449 g/mol. The van der Waals surface area contributed by atoms with Gasteiger partial charge in [0.25, 0.3) is 0 Å². The molecule has 4 aromatic rings. The van der Waals surface area contributed by atoms with Gasteiger partial charge in [-0.1, -0.05) is 35.6 Å². The summed E-state index contributed by atoms with van der Waals surface area (Å²) >= 11 is 2.89. The lowest BCUT2D eigenvalue weighted by Crippen LogP contribution is -2.19. The fraction of sp³-hybridized carbons (Fsp3) is 0.0870. The van der Waals surface area contributed by atoms with Crippen molar-refractivity contribution in [1.82, 2.24) is 4.98 Å². The molecule has 0 saturated heterocycles. The Balaban J connectivity index is 1.26. The lowest BCUT2D eigenvalue weighted by molar-refractivity contribution is -0.113. The van der Waals surface area contributed by atoms with Gasteiger partial charge in [0.15, 0.2) is 5.13 Å². The molecule has 0 spiro atoms. The molecule has 31 heavy (non-hydrogen) atoms. The number of hydrogen-bond acceptors (Lipinski definition) is 5. The largest absolute Gasteiger partial charge is 0.323 e. The summed E-state index contributed by atoms with van der Waals surface area (Å²) in [4.78, 5) is 29.7. The standard InChI is InChI=1S/C23H20N4O2S2/c1-15-7-12-19-20(13-15)31-23(26-19)27-21(28)14-30-18-10-8-17(9-11-18)25-22(29)24-16-5-3-2-4-6-16/h2-13H,14H2,1H3,(H2,24,25,29)(H,26,27,28). The Morgan fingerprint density at radius 1 is 0.903 bits per heavy atom. The molecule has 0 saturated carbocycles. The minimum Gasteiger partial charge on any atom is -0.308 e. The van der Waals surface area contributed by atoms with E-state index in [4.69, 9.17) is 0 Å². The molecule has 1 aromatic heterocycles. The molecule has 3 amide bonds. The first-order valence-corrected chi connectivity index (χ1v) is 11.4. The van der Waals surface area contributed by atoms with Crippen LogP contribution in [0.2, 0.25) is 0 Å². The Kier molecular flexibility index (Phi) is 6.49. The molecule has 0 aliphatic rings. The van der Waals surface area contributed by atoms with E-state index in [0.29, 0.717) is 10.8 Å². The number of carbonyl (C=O) groups excluding carboxylic acids is 2. The highest BCUT2D eigenvalue weighted by atomic mass is 32.2. The first kappa shape index (κ1) is 20.9. The number of aryl methyl sites for hydroxylation is 1. The van der Waals surface area contributed by atoms with Crippen molar-refractivity contribution in [2.24, 2.45) is 0 Å². The number of urea groups is 1. The van der Waals surface area contributed by atoms with E-state index in [-0.39, 0.29) is 17.7 Å². The normalized spacial score (nSPS) is 10.6. The van der Waals surface area contributed by atoms with Gasteiger partial charge in [0.2, 0.25) is 5.91 Å². The van der Waals surface area contributed by atoms with Gasteiger partial charge in [-0.2, -0.15) is 0 Å². The van der Waals surface area contributed by atoms with Gasteiger partial charge in [-0.05, 0) is 61.0 Å². The molecule has 0 atom stereocenters. The van der Waals surface area contributed by atoms with Crippen LogP contribution in [0.3, 0.4) is 0 Å². The van der Waals surface area contributed by atoms with Gasteiger partial charge in [-0.3, -0.25) is 4.79 Å². The quantitative estimate of drug-likeness (QED) is 0.317. The molecule has 3 aromatic carbocycles. The maximum atomic E-state index is 12.3. The van der Waals surface area contributed by atoms with Crippen LogP contribution in [0.25, 0.3) is 10.2 Å². The Morgan fingerprint density at radius 2 is 1.61 bits per heavy atom. The van der Waals surface area contributed by atoms with Gasteiger partial charge in [0.05, 0.1) is 16.0 Å². The SMILES string of the molecule is Cc1ccc2nc(NC(=O)CSc3ccc(NC(=O)Nc4ccccc4)cc3)sc2c1. The zero-order valence-corrected chi connectivity index (χ0v) is 18.3. The average Bonchev–Trinajstić information content (AvgIpc) is 3.15. The molecule has 8 heteroatoms. The molecule has 0 bridgehead atoms. The molecule has 0 radical (unpaired) electrons. The Hall–Kier alpha value is -3.36. The number of rotatable bonds is 6. The molecule has 1 heterocycles. The van der Waals surface area contributed by atoms with Crippen LogP contribution in [-0.2, 0) is 4.79 Å². The Labute approximate surface area is 188 Å². The van der Waals surface area contributed by atoms with Crippen LogP contribution in [0.4, 0.5) is 21.3 Å². The highest BCUT2D eigenvalue weighted by molar-refractivity contribution is 8.00. The molecule has 6 nitrogen and oxygen atoms in total. The minimum atomic E-state index is -0.308. The van der Waals surface area contributed by atoms with Crippen molar-refractivity contribution >= 4 is 61.8 Å². The van der Waals surface area contributed by atoms with E-state index in [0.717, 1.165) is 20.8 Å². The molecular formula is C23H20N4O2S2. The maximum absolute atomic E-state index is 12.3. The summed E-state index contributed by atoms with van der Waals surface area (Å²) in [5.74, 6) is 0.168. The summed E-state index contributed by atoms with van der Waals surface area (Å²) in [6, 6.07) is 22.3. The van der Waals surface area contributed by atoms with Crippen LogP contribution in [0.15, 0.2) is 77.7 Å².